The normalized spacial score (nSPS) is 16.2. The van der Waals surface area contributed by atoms with Crippen molar-refractivity contribution >= 4 is 22.1 Å². The molecule has 1 aromatic rings. The van der Waals surface area contributed by atoms with E-state index in [-0.39, 0.29) is 17.9 Å². The van der Waals surface area contributed by atoms with Crippen molar-refractivity contribution in [2.45, 2.75) is 25.2 Å². The van der Waals surface area contributed by atoms with Crippen LogP contribution in [0.25, 0.3) is 0 Å². The number of fused-ring (bicyclic) bond motifs is 1. The lowest BCUT2D eigenvalue weighted by molar-refractivity contribution is -0.199. The highest BCUT2D eigenvalue weighted by atomic mass is 32.2. The molecule has 25 heavy (non-hydrogen) atoms. The van der Waals surface area contributed by atoms with Gasteiger partial charge in [-0.15, -0.1) is 0 Å². The Balaban J connectivity index is 2.24. The van der Waals surface area contributed by atoms with Crippen LogP contribution in [0.15, 0.2) is 18.2 Å². The van der Waals surface area contributed by atoms with Gasteiger partial charge in [-0.3, -0.25) is 4.18 Å². The van der Waals surface area contributed by atoms with Gasteiger partial charge >= 0.3 is 17.7 Å². The highest BCUT2D eigenvalue weighted by molar-refractivity contribution is 7.86. The molecule has 0 saturated heterocycles. The van der Waals surface area contributed by atoms with Gasteiger partial charge in [0.1, 0.15) is 0 Å². The molecule has 0 bridgehead atoms. The van der Waals surface area contributed by atoms with Gasteiger partial charge in [-0.1, -0.05) is 6.07 Å². The molecule has 1 aromatic carbocycles. The van der Waals surface area contributed by atoms with Crippen LogP contribution < -0.4 is 9.47 Å². The number of carbonyl (C=O) groups excluding carboxylic acids is 2. The first-order chi connectivity index (χ1) is 11.6. The second kappa shape index (κ2) is 6.89. The van der Waals surface area contributed by atoms with Crippen LogP contribution in [0.5, 0.6) is 11.5 Å². The topological polar surface area (TPSA) is 114 Å². The van der Waals surface area contributed by atoms with E-state index in [1.807, 2.05) is 0 Å². The average Bonchev–Trinajstić information content (AvgIpc) is 2.91. The molecular weight excluding hydrogens is 356 g/mol. The monoisotopic (exact) mass is 374 g/mol. The van der Waals surface area contributed by atoms with Crippen LogP contribution in [0.2, 0.25) is 0 Å². The number of benzene rings is 1. The summed E-state index contributed by atoms with van der Waals surface area (Å²) in [4.78, 5) is 23.9. The molecule has 0 radical (unpaired) electrons. The summed E-state index contributed by atoms with van der Waals surface area (Å²) in [5.41, 5.74) is 0.657. The van der Waals surface area contributed by atoms with Crippen LogP contribution in [0.4, 0.5) is 0 Å². The molecule has 0 amide bonds. The number of rotatable bonds is 6. The van der Waals surface area contributed by atoms with Gasteiger partial charge in [0.25, 0.3) is 10.1 Å². The van der Waals surface area contributed by atoms with Gasteiger partial charge in [0.05, 0.1) is 26.6 Å². The smallest absolute Gasteiger partial charge is 0.453 e. The number of esters is 2. The SMILES string of the molecule is COC(=O)C1(C(=O)OC)Oc2ccc(C[C@@H](C)OS(C)(=O)=O)cc2O1. The van der Waals surface area contributed by atoms with Crippen molar-refractivity contribution in [3.63, 3.8) is 0 Å². The Bertz CT molecular complexity index is 768. The molecule has 1 heterocycles. The molecule has 0 spiro atoms. The molecule has 138 valence electrons. The summed E-state index contributed by atoms with van der Waals surface area (Å²) < 4.78 is 47.0. The Hall–Kier alpha value is -2.33. The summed E-state index contributed by atoms with van der Waals surface area (Å²) in [6, 6.07) is 4.64. The molecule has 0 fully saturated rings. The minimum absolute atomic E-state index is 0.125. The van der Waals surface area contributed by atoms with E-state index in [0.29, 0.717) is 5.56 Å². The number of hydrogen-bond donors (Lipinski definition) is 0. The van der Waals surface area contributed by atoms with Crippen LogP contribution in [0, 0.1) is 0 Å². The second-order valence-electron chi connectivity index (χ2n) is 5.40. The fraction of sp³-hybridized carbons (Fsp3) is 0.467. The van der Waals surface area contributed by atoms with E-state index in [2.05, 4.69) is 9.47 Å². The fourth-order valence-corrected chi connectivity index (χ4v) is 3.02. The first-order valence-electron chi connectivity index (χ1n) is 7.17. The van der Waals surface area contributed by atoms with Crippen molar-refractivity contribution in [3.8, 4) is 11.5 Å². The van der Waals surface area contributed by atoms with Gasteiger partial charge in [-0.05, 0) is 31.0 Å². The first-order valence-corrected chi connectivity index (χ1v) is 8.99. The zero-order valence-corrected chi connectivity index (χ0v) is 14.9. The number of methoxy groups -OCH3 is 2. The zero-order valence-electron chi connectivity index (χ0n) is 14.1. The maximum Gasteiger partial charge on any atom is 0.453 e. The molecule has 0 unspecified atom stereocenters. The quantitative estimate of drug-likeness (QED) is 0.396. The molecule has 1 aliphatic heterocycles. The predicted molar refractivity (Wildman–Crippen MR) is 83.6 cm³/mol. The van der Waals surface area contributed by atoms with E-state index >= 15 is 0 Å². The van der Waals surface area contributed by atoms with E-state index in [0.717, 1.165) is 20.5 Å². The van der Waals surface area contributed by atoms with E-state index in [4.69, 9.17) is 13.7 Å². The van der Waals surface area contributed by atoms with E-state index in [1.54, 1.807) is 13.0 Å². The Morgan fingerprint density at radius 2 is 1.68 bits per heavy atom. The van der Waals surface area contributed by atoms with Gasteiger partial charge in [0, 0.05) is 0 Å². The van der Waals surface area contributed by atoms with E-state index < -0.39 is 33.9 Å². The van der Waals surface area contributed by atoms with Gasteiger partial charge in [-0.25, -0.2) is 9.59 Å². The van der Waals surface area contributed by atoms with Crippen LogP contribution in [-0.2, 0) is 39.8 Å². The summed E-state index contributed by atoms with van der Waals surface area (Å²) in [5.74, 6) is -4.22. The number of carbonyl (C=O) groups is 2. The van der Waals surface area contributed by atoms with Crippen molar-refractivity contribution in [2.75, 3.05) is 20.5 Å². The molecule has 10 heteroatoms. The lowest BCUT2D eigenvalue weighted by Crippen LogP contribution is -2.55. The molecule has 9 nitrogen and oxygen atoms in total. The molecule has 0 aliphatic carbocycles. The average molecular weight is 374 g/mol. The largest absolute Gasteiger partial charge is 0.463 e. The molecule has 1 aliphatic rings. The second-order valence-corrected chi connectivity index (χ2v) is 7.00. The lowest BCUT2D eigenvalue weighted by atomic mass is 10.1. The standard InChI is InChI=1S/C15H18O9S/c1-9(24-25(4,18)19)7-10-5-6-11-12(8-10)23-15(22-11,13(16)20-2)14(17)21-3/h5-6,8-9H,7H2,1-4H3/t9-/m1/s1. The number of hydrogen-bond acceptors (Lipinski definition) is 9. The summed E-state index contributed by atoms with van der Waals surface area (Å²) >= 11 is 0. The summed E-state index contributed by atoms with van der Waals surface area (Å²) in [7, 11) is -1.42. The minimum Gasteiger partial charge on any atom is -0.463 e. The summed E-state index contributed by atoms with van der Waals surface area (Å²) in [5, 5.41) is 0. The van der Waals surface area contributed by atoms with Crippen LogP contribution in [0.1, 0.15) is 12.5 Å². The zero-order chi connectivity index (χ0) is 18.8. The molecule has 2 rings (SSSR count). The summed E-state index contributed by atoms with van der Waals surface area (Å²) in [6.45, 7) is 1.60. The van der Waals surface area contributed by atoms with Crippen LogP contribution >= 0.6 is 0 Å². The van der Waals surface area contributed by atoms with E-state index in [1.165, 1.54) is 12.1 Å². The van der Waals surface area contributed by atoms with Crippen LogP contribution in [0.3, 0.4) is 0 Å². The maximum atomic E-state index is 12.0. The Morgan fingerprint density at radius 1 is 1.12 bits per heavy atom. The first kappa shape index (κ1) is 19.0. The van der Waals surface area contributed by atoms with Gasteiger partial charge in [-0.2, -0.15) is 8.42 Å². The molecule has 1 atom stereocenters. The van der Waals surface area contributed by atoms with Crippen molar-refractivity contribution in [3.05, 3.63) is 23.8 Å². The lowest BCUT2D eigenvalue weighted by Gasteiger charge is -2.21. The Morgan fingerprint density at radius 3 is 2.20 bits per heavy atom. The van der Waals surface area contributed by atoms with Gasteiger partial charge in [0.2, 0.25) is 0 Å². The van der Waals surface area contributed by atoms with Crippen molar-refractivity contribution in [1.82, 2.24) is 0 Å². The molecule has 0 aromatic heterocycles. The van der Waals surface area contributed by atoms with E-state index in [9.17, 15) is 18.0 Å². The van der Waals surface area contributed by atoms with Crippen molar-refractivity contribution < 1.29 is 41.1 Å². The fourth-order valence-electron chi connectivity index (χ4n) is 2.36. The predicted octanol–water partition coefficient (Wildman–Crippen LogP) is 0.407. The third-order valence-corrected chi connectivity index (χ3v) is 3.96. The Kier molecular flexibility index (Phi) is 5.23. The maximum absolute atomic E-state index is 12.0. The van der Waals surface area contributed by atoms with Crippen LogP contribution in [-0.4, -0.2) is 52.7 Å². The summed E-state index contributed by atoms with van der Waals surface area (Å²) in [6.07, 6.45) is 0.610. The highest BCUT2D eigenvalue weighted by Crippen LogP contribution is 2.41. The molecule has 0 N–H and O–H groups in total. The van der Waals surface area contributed by atoms with Gasteiger partial charge < -0.3 is 18.9 Å². The minimum atomic E-state index is -3.58. The van der Waals surface area contributed by atoms with Crippen molar-refractivity contribution in [2.24, 2.45) is 0 Å². The number of ether oxygens (including phenoxy) is 4. The molecular formula is C15H18O9S. The Labute approximate surface area is 144 Å². The molecule has 0 saturated carbocycles. The van der Waals surface area contributed by atoms with Gasteiger partial charge in [0.15, 0.2) is 11.5 Å². The third kappa shape index (κ3) is 4.02. The third-order valence-electron chi connectivity index (χ3n) is 3.29. The van der Waals surface area contributed by atoms with Crippen molar-refractivity contribution in [1.29, 1.82) is 0 Å². The highest BCUT2D eigenvalue weighted by Gasteiger charge is 2.59.